The zero-order chi connectivity index (χ0) is 22.5. The van der Waals surface area contributed by atoms with E-state index in [0.717, 1.165) is 19.5 Å². The van der Waals surface area contributed by atoms with Crippen LogP contribution in [0.25, 0.3) is 0 Å². The van der Waals surface area contributed by atoms with Gasteiger partial charge in [-0.2, -0.15) is 0 Å². The summed E-state index contributed by atoms with van der Waals surface area (Å²) in [6.07, 6.45) is 7.57. The first-order valence-corrected chi connectivity index (χ1v) is 15.2. The number of hydrogen-bond acceptors (Lipinski definition) is 3. The van der Waals surface area contributed by atoms with Gasteiger partial charge < -0.3 is 9.33 Å². The monoisotopic (exact) mass is 448 g/mol. The van der Waals surface area contributed by atoms with Gasteiger partial charge in [0.05, 0.1) is 12.6 Å². The molecule has 0 aromatic heterocycles. The van der Waals surface area contributed by atoms with Crippen LogP contribution in [-0.4, -0.2) is 50.9 Å². The quantitative estimate of drug-likeness (QED) is 0.480. The van der Waals surface area contributed by atoms with Crippen LogP contribution in [0.15, 0.2) is 47.6 Å². The van der Waals surface area contributed by atoms with Crippen molar-refractivity contribution in [2.75, 3.05) is 24.6 Å². The summed E-state index contributed by atoms with van der Waals surface area (Å²) in [7, 11) is -1.76. The lowest BCUT2D eigenvalue weighted by Crippen LogP contribution is -2.62. The molecule has 4 heterocycles. The van der Waals surface area contributed by atoms with Crippen LogP contribution in [0, 0.1) is 5.92 Å². The third-order valence-electron chi connectivity index (χ3n) is 9.65. The fourth-order valence-electron chi connectivity index (χ4n) is 7.08. The number of benzene rings is 1. The van der Waals surface area contributed by atoms with Crippen molar-refractivity contribution < 1.29 is 9.22 Å². The second-order valence-corrected chi connectivity index (χ2v) is 16.8. The molecule has 2 bridgehead atoms. The van der Waals surface area contributed by atoms with Gasteiger partial charge in [0.15, 0.2) is 8.32 Å². The Morgan fingerprint density at radius 3 is 2.81 bits per heavy atom. The van der Waals surface area contributed by atoms with Crippen LogP contribution in [0.5, 0.6) is 0 Å². The largest absolute Gasteiger partial charge is 0.413 e. The topological polar surface area (TPSA) is 32.8 Å². The third kappa shape index (κ3) is 2.59. The number of piperidine rings is 1. The first kappa shape index (κ1) is 20.9. The number of nitrogens with zero attached hydrogens (tertiary/aromatic N) is 2. The van der Waals surface area contributed by atoms with Crippen molar-refractivity contribution >= 4 is 19.9 Å². The van der Waals surface area contributed by atoms with Gasteiger partial charge >= 0.3 is 0 Å². The number of hydrogen-bond donors (Lipinski definition) is 0. The Labute approximate surface area is 193 Å². The first-order chi connectivity index (χ1) is 15.1. The van der Waals surface area contributed by atoms with Gasteiger partial charge in [0.1, 0.15) is 0 Å². The van der Waals surface area contributed by atoms with E-state index in [-0.39, 0.29) is 22.4 Å². The zero-order valence-electron chi connectivity index (χ0n) is 20.1. The second kappa shape index (κ2) is 6.68. The fraction of sp³-hybridized carbons (Fsp3) is 0.593. The van der Waals surface area contributed by atoms with Crippen LogP contribution >= 0.6 is 0 Å². The maximum absolute atomic E-state index is 13.2. The standard InChI is InChI=1S/C27H36N2O2Si/c1-26(2,3)32(4,5)31-15-12-18-17-28-14-13-27-21-8-6-7-9-22(21)29-24(30)11-10-19(25(27)29)20(18)16-23(27)28/h6-10,12,20,23,25H,11,13-17H2,1-5H3/b18-12+/t20-,23-,25-,27+/m0/s1. The highest BCUT2D eigenvalue weighted by Gasteiger charge is 2.67. The van der Waals surface area contributed by atoms with E-state index >= 15 is 0 Å². The molecule has 6 rings (SSSR count). The molecule has 170 valence electrons. The smallest absolute Gasteiger partial charge is 0.231 e. The summed E-state index contributed by atoms with van der Waals surface area (Å²) in [5, 5.41) is 0.227. The Kier molecular flexibility index (Phi) is 4.36. The summed E-state index contributed by atoms with van der Waals surface area (Å²) in [5.74, 6) is 0.730. The van der Waals surface area contributed by atoms with Gasteiger partial charge in [0.2, 0.25) is 5.91 Å². The highest BCUT2D eigenvalue weighted by molar-refractivity contribution is 6.74. The van der Waals surface area contributed by atoms with Gasteiger partial charge in [-0.1, -0.05) is 56.7 Å². The predicted molar refractivity (Wildman–Crippen MR) is 131 cm³/mol. The van der Waals surface area contributed by atoms with Crippen LogP contribution in [0.1, 0.15) is 45.6 Å². The minimum absolute atomic E-state index is 0.0815. The van der Waals surface area contributed by atoms with Crippen molar-refractivity contribution in [3.63, 3.8) is 0 Å². The average molecular weight is 449 g/mol. The molecule has 1 saturated carbocycles. The van der Waals surface area contributed by atoms with Crippen LogP contribution in [0.3, 0.4) is 0 Å². The zero-order valence-corrected chi connectivity index (χ0v) is 21.1. The number of fused-ring (bicyclic) bond motifs is 4. The van der Waals surface area contributed by atoms with Crippen LogP contribution in [0.2, 0.25) is 18.1 Å². The highest BCUT2D eigenvalue weighted by Crippen LogP contribution is 2.63. The number of para-hydroxylation sites is 1. The van der Waals surface area contributed by atoms with Gasteiger partial charge in [-0.15, -0.1) is 0 Å². The normalized spacial score (nSPS) is 34.6. The highest BCUT2D eigenvalue weighted by atomic mass is 28.4. The lowest BCUT2D eigenvalue weighted by atomic mass is 9.57. The average Bonchev–Trinajstić information content (AvgIpc) is 3.28. The molecule has 1 aromatic carbocycles. The molecule has 0 unspecified atom stereocenters. The van der Waals surface area contributed by atoms with Gasteiger partial charge in [-0.05, 0) is 54.7 Å². The van der Waals surface area contributed by atoms with E-state index in [0.29, 0.717) is 25.0 Å². The summed E-state index contributed by atoms with van der Waals surface area (Å²) in [6.45, 7) is 14.5. The maximum atomic E-state index is 13.2. The predicted octanol–water partition coefficient (Wildman–Crippen LogP) is 5.03. The summed E-state index contributed by atoms with van der Waals surface area (Å²) in [4.78, 5) is 18.1. The molecule has 5 heteroatoms. The number of anilines is 1. The molecule has 1 amide bonds. The number of carbonyl (C=O) groups is 1. The SMILES string of the molecule is CC(C)(C)[Si](C)(C)OC/C=C1\CN2CC[C@@]34c5ccccc5N5C(=O)CC=C([C@H]1C[C@H]23)[C@H]54. The Bertz CT molecular complexity index is 1050. The Morgan fingerprint density at radius 1 is 1.25 bits per heavy atom. The molecule has 2 saturated heterocycles. The van der Waals surface area contributed by atoms with Gasteiger partial charge in [-0.3, -0.25) is 9.69 Å². The molecule has 1 aromatic rings. The molecule has 1 spiro atoms. The summed E-state index contributed by atoms with van der Waals surface area (Å²) >= 11 is 0. The molecule has 4 aliphatic heterocycles. The van der Waals surface area contributed by atoms with E-state index in [2.05, 4.69) is 80.1 Å². The molecule has 5 aliphatic rings. The lowest BCUT2D eigenvalue weighted by Gasteiger charge is -2.54. The van der Waals surface area contributed by atoms with E-state index in [4.69, 9.17) is 4.43 Å². The molecule has 0 N–H and O–H groups in total. The van der Waals surface area contributed by atoms with E-state index < -0.39 is 8.32 Å². The minimum Gasteiger partial charge on any atom is -0.413 e. The summed E-state index contributed by atoms with van der Waals surface area (Å²) in [6, 6.07) is 9.49. The molecule has 4 atom stereocenters. The van der Waals surface area contributed by atoms with E-state index in [1.54, 1.807) is 0 Å². The molecule has 0 radical (unpaired) electrons. The fourth-order valence-corrected chi connectivity index (χ4v) is 8.01. The molecular weight excluding hydrogens is 412 g/mol. The maximum Gasteiger partial charge on any atom is 0.231 e. The van der Waals surface area contributed by atoms with Crippen LogP contribution < -0.4 is 4.90 Å². The summed E-state index contributed by atoms with van der Waals surface area (Å²) in [5.41, 5.74) is 5.71. The van der Waals surface area contributed by atoms with Crippen molar-refractivity contribution in [1.82, 2.24) is 4.90 Å². The van der Waals surface area contributed by atoms with Gasteiger partial charge in [0.25, 0.3) is 0 Å². The van der Waals surface area contributed by atoms with Crippen molar-refractivity contribution in [3.8, 4) is 0 Å². The van der Waals surface area contributed by atoms with E-state index in [1.165, 1.54) is 28.8 Å². The molecule has 1 aliphatic carbocycles. The van der Waals surface area contributed by atoms with E-state index in [1.807, 2.05) is 0 Å². The van der Waals surface area contributed by atoms with Crippen LogP contribution in [-0.2, 0) is 14.6 Å². The summed E-state index contributed by atoms with van der Waals surface area (Å²) < 4.78 is 6.53. The van der Waals surface area contributed by atoms with Crippen molar-refractivity contribution in [3.05, 3.63) is 53.1 Å². The van der Waals surface area contributed by atoms with Gasteiger partial charge in [0, 0.05) is 36.0 Å². The third-order valence-corrected chi connectivity index (χ3v) is 14.1. The Morgan fingerprint density at radius 2 is 2.03 bits per heavy atom. The van der Waals surface area contributed by atoms with E-state index in [9.17, 15) is 4.79 Å². The molecule has 3 fully saturated rings. The van der Waals surface area contributed by atoms with Gasteiger partial charge in [-0.25, -0.2) is 0 Å². The van der Waals surface area contributed by atoms with Crippen molar-refractivity contribution in [2.24, 2.45) is 5.92 Å². The molecule has 32 heavy (non-hydrogen) atoms. The second-order valence-electron chi connectivity index (χ2n) is 12.0. The van der Waals surface area contributed by atoms with Crippen LogP contribution in [0.4, 0.5) is 5.69 Å². The first-order valence-electron chi connectivity index (χ1n) is 12.3. The Balaban J connectivity index is 1.38. The lowest BCUT2D eigenvalue weighted by molar-refractivity contribution is -0.118. The van der Waals surface area contributed by atoms with Crippen molar-refractivity contribution in [1.29, 1.82) is 0 Å². The van der Waals surface area contributed by atoms with Crippen molar-refractivity contribution in [2.45, 2.75) is 75.7 Å². The molecular formula is C27H36N2O2Si. The number of rotatable bonds is 3. The number of amides is 1. The minimum atomic E-state index is -1.76. The number of carbonyl (C=O) groups excluding carboxylic acids is 1. The molecule has 4 nitrogen and oxygen atoms in total. The Hall–Kier alpha value is -1.69.